The van der Waals surface area contributed by atoms with Crippen molar-refractivity contribution in [2.45, 2.75) is 105 Å². The van der Waals surface area contributed by atoms with Crippen LogP contribution in [0.15, 0.2) is 11.6 Å². The van der Waals surface area contributed by atoms with Crippen molar-refractivity contribution in [1.82, 2.24) is 0 Å². The minimum Gasteiger partial charge on any atom is -0.481 e. The van der Waals surface area contributed by atoms with E-state index in [0.717, 1.165) is 38.5 Å². The topological polar surface area (TPSA) is 87.0 Å². The zero-order valence-electron chi connectivity index (χ0n) is 23.6. The van der Waals surface area contributed by atoms with E-state index in [1.807, 2.05) is 7.11 Å². The fraction of sp³-hybridized carbons (Fsp3) is 0.903. The van der Waals surface area contributed by atoms with E-state index >= 15 is 0 Å². The van der Waals surface area contributed by atoms with Crippen LogP contribution in [-0.4, -0.2) is 47.2 Å². The highest BCUT2D eigenvalue weighted by molar-refractivity contribution is 5.76. The molecule has 0 saturated heterocycles. The van der Waals surface area contributed by atoms with Crippen molar-refractivity contribution in [3.05, 3.63) is 11.6 Å². The number of carboxylic acids is 1. The van der Waals surface area contributed by atoms with Crippen molar-refractivity contribution < 1.29 is 24.9 Å². The number of methoxy groups -OCH3 is 1. The Balaban J connectivity index is 1.68. The molecule has 5 aliphatic rings. The molecule has 0 heterocycles. The maximum absolute atomic E-state index is 12.9. The summed E-state index contributed by atoms with van der Waals surface area (Å²) in [5, 5.41) is 31.8. The second kappa shape index (κ2) is 8.29. The Morgan fingerprint density at radius 1 is 1.03 bits per heavy atom. The molecule has 0 spiro atoms. The third kappa shape index (κ3) is 3.09. The molecule has 5 rings (SSSR count). The van der Waals surface area contributed by atoms with Gasteiger partial charge in [0.2, 0.25) is 0 Å². The summed E-state index contributed by atoms with van der Waals surface area (Å²) in [7, 11) is 1.83. The van der Waals surface area contributed by atoms with Gasteiger partial charge in [-0.05, 0) is 96.7 Å². The van der Waals surface area contributed by atoms with E-state index in [-0.39, 0.29) is 58.2 Å². The number of allylic oxidation sites excluding steroid dienone is 1. The van der Waals surface area contributed by atoms with Gasteiger partial charge in [-0.2, -0.15) is 0 Å². The van der Waals surface area contributed by atoms with Crippen LogP contribution in [0, 0.1) is 56.7 Å². The molecule has 0 aromatic heterocycles. The number of hydrogen-bond donors (Lipinski definition) is 3. The Morgan fingerprint density at radius 2 is 1.72 bits per heavy atom. The van der Waals surface area contributed by atoms with Crippen molar-refractivity contribution in [3.63, 3.8) is 0 Å². The third-order valence-electron chi connectivity index (χ3n) is 13.6. The first kappa shape index (κ1) is 26.7. The van der Waals surface area contributed by atoms with E-state index in [2.05, 4.69) is 47.6 Å². The Hall–Kier alpha value is -0.910. The van der Waals surface area contributed by atoms with Gasteiger partial charge < -0.3 is 20.1 Å². The molecule has 5 aliphatic carbocycles. The molecule has 36 heavy (non-hydrogen) atoms. The van der Waals surface area contributed by atoms with Crippen LogP contribution in [0.5, 0.6) is 0 Å². The molecule has 4 fully saturated rings. The highest BCUT2D eigenvalue weighted by Gasteiger charge is 2.71. The quantitative estimate of drug-likeness (QED) is 0.432. The first-order chi connectivity index (χ1) is 16.7. The molecule has 0 aliphatic heterocycles. The number of hydrogen-bond acceptors (Lipinski definition) is 4. The highest BCUT2D eigenvalue weighted by Crippen LogP contribution is 2.76. The molecular weight excluding hydrogens is 452 g/mol. The number of carboxylic acid groups (broad SMARTS) is 1. The molecule has 5 heteroatoms. The number of ether oxygens (including phenoxy) is 1. The van der Waals surface area contributed by atoms with Crippen LogP contribution >= 0.6 is 0 Å². The molecule has 0 amide bonds. The maximum atomic E-state index is 12.9. The molecule has 5 nitrogen and oxygen atoms in total. The van der Waals surface area contributed by atoms with Gasteiger partial charge in [0.25, 0.3) is 0 Å². The molecule has 0 aromatic rings. The van der Waals surface area contributed by atoms with Gasteiger partial charge >= 0.3 is 5.97 Å². The maximum Gasteiger partial charge on any atom is 0.310 e. The molecule has 0 aromatic carbocycles. The summed E-state index contributed by atoms with van der Waals surface area (Å²) in [4.78, 5) is 12.9. The Labute approximate surface area is 218 Å². The van der Waals surface area contributed by atoms with Crippen LogP contribution < -0.4 is 0 Å². The fourth-order valence-corrected chi connectivity index (χ4v) is 11.3. The lowest BCUT2D eigenvalue weighted by Gasteiger charge is -2.72. The molecule has 1 unspecified atom stereocenters. The smallest absolute Gasteiger partial charge is 0.310 e. The number of carbonyl (C=O) groups is 1. The van der Waals surface area contributed by atoms with Gasteiger partial charge in [-0.25, -0.2) is 0 Å². The number of aliphatic hydroxyl groups excluding tert-OH is 2. The monoisotopic (exact) mass is 502 g/mol. The number of rotatable bonds is 3. The summed E-state index contributed by atoms with van der Waals surface area (Å²) in [6.45, 7) is 14.2. The second-order valence-electron chi connectivity index (χ2n) is 14.8. The number of fused-ring (bicyclic) bond motifs is 7. The number of aliphatic hydroxyl groups is 2. The van der Waals surface area contributed by atoms with Gasteiger partial charge in [0.05, 0.1) is 17.6 Å². The van der Waals surface area contributed by atoms with Crippen molar-refractivity contribution >= 4 is 5.97 Å². The van der Waals surface area contributed by atoms with E-state index in [1.165, 1.54) is 5.57 Å². The van der Waals surface area contributed by atoms with Gasteiger partial charge in [0.15, 0.2) is 0 Å². The van der Waals surface area contributed by atoms with Gasteiger partial charge in [0.1, 0.15) is 0 Å². The third-order valence-corrected chi connectivity index (χ3v) is 13.6. The molecule has 3 N–H and O–H groups in total. The van der Waals surface area contributed by atoms with Gasteiger partial charge in [-0.1, -0.05) is 53.2 Å². The normalized spacial score (nSPS) is 53.8. The van der Waals surface area contributed by atoms with E-state index < -0.39 is 11.4 Å². The van der Waals surface area contributed by atoms with Crippen molar-refractivity contribution in [2.75, 3.05) is 13.7 Å². The summed E-state index contributed by atoms with van der Waals surface area (Å²) in [6, 6.07) is 0. The fourth-order valence-electron chi connectivity index (χ4n) is 11.3. The average molecular weight is 503 g/mol. The first-order valence-corrected chi connectivity index (χ1v) is 14.5. The lowest BCUT2D eigenvalue weighted by molar-refractivity contribution is -0.230. The van der Waals surface area contributed by atoms with E-state index in [9.17, 15) is 20.1 Å². The van der Waals surface area contributed by atoms with E-state index in [0.29, 0.717) is 24.7 Å². The SMILES string of the molecule is CO[C@@H]1C=C2[C@@H]3[C@@H](C)[C@H](CO)CC[C@]3(C(=O)O)CC[C@@]2(C)[C@]2(C)CC[C@H]3C(C)(C)[C@@H](O)CC[C@]3(C)C12. The van der Waals surface area contributed by atoms with Crippen LogP contribution in [0.4, 0.5) is 0 Å². The van der Waals surface area contributed by atoms with Crippen LogP contribution in [0.25, 0.3) is 0 Å². The predicted molar refractivity (Wildman–Crippen MR) is 140 cm³/mol. The zero-order chi connectivity index (χ0) is 26.5. The summed E-state index contributed by atoms with van der Waals surface area (Å²) in [6.07, 6.45) is 9.09. The van der Waals surface area contributed by atoms with Crippen molar-refractivity contribution in [2.24, 2.45) is 56.7 Å². The Morgan fingerprint density at radius 3 is 2.33 bits per heavy atom. The molecular formula is C31H50O5. The highest BCUT2D eigenvalue weighted by atomic mass is 16.5. The molecule has 11 atom stereocenters. The lowest BCUT2D eigenvalue weighted by atomic mass is 9.33. The molecule has 204 valence electrons. The number of aliphatic carboxylic acids is 1. The van der Waals surface area contributed by atoms with Crippen LogP contribution in [0.1, 0.15) is 92.9 Å². The van der Waals surface area contributed by atoms with Crippen LogP contribution in [0.2, 0.25) is 0 Å². The summed E-state index contributed by atoms with van der Waals surface area (Å²) in [5.74, 6) is 0.297. The standard InChI is InChI=1S/C31H50O5/c1-18-19(17-32)8-13-31(26(34)35)15-14-29(5)20(24(18)31)16-21(36-7)25-28(4)11-10-23(33)27(2,3)22(28)9-12-30(25,29)6/h16,18-19,21-25,32-33H,8-15,17H2,1-7H3,(H,34,35)/t18-,19-,21+,22-,23-,24-,25?,28-,29+,30+,31-/m0/s1. The molecule has 4 saturated carbocycles. The van der Waals surface area contributed by atoms with Gasteiger partial charge in [-0.15, -0.1) is 0 Å². The summed E-state index contributed by atoms with van der Waals surface area (Å²) < 4.78 is 6.35. The van der Waals surface area contributed by atoms with Crippen molar-refractivity contribution in [1.29, 1.82) is 0 Å². The molecule has 0 radical (unpaired) electrons. The lowest BCUT2D eigenvalue weighted by Crippen LogP contribution is -2.68. The molecule has 0 bridgehead atoms. The van der Waals surface area contributed by atoms with Gasteiger partial charge in [0, 0.05) is 19.6 Å². The van der Waals surface area contributed by atoms with Crippen molar-refractivity contribution in [3.8, 4) is 0 Å². The van der Waals surface area contributed by atoms with Crippen LogP contribution in [-0.2, 0) is 9.53 Å². The van der Waals surface area contributed by atoms with Gasteiger partial charge in [-0.3, -0.25) is 4.79 Å². The Bertz CT molecular complexity index is 941. The second-order valence-corrected chi connectivity index (χ2v) is 14.8. The predicted octanol–water partition coefficient (Wildman–Crippen LogP) is 5.69. The Kier molecular flexibility index (Phi) is 6.15. The van der Waals surface area contributed by atoms with E-state index in [4.69, 9.17) is 4.74 Å². The summed E-state index contributed by atoms with van der Waals surface area (Å²) >= 11 is 0. The first-order valence-electron chi connectivity index (χ1n) is 14.5. The van der Waals surface area contributed by atoms with E-state index in [1.54, 1.807) is 0 Å². The zero-order valence-corrected chi connectivity index (χ0v) is 23.6. The van der Waals surface area contributed by atoms with Crippen LogP contribution in [0.3, 0.4) is 0 Å². The largest absolute Gasteiger partial charge is 0.481 e. The average Bonchev–Trinajstić information content (AvgIpc) is 2.82. The minimum atomic E-state index is -0.740. The summed E-state index contributed by atoms with van der Waals surface area (Å²) in [5.41, 5.74) is 0.373. The minimum absolute atomic E-state index is 0.0159.